The average Bonchev–Trinajstić information content (AvgIpc) is 2.28. The number of rotatable bonds is 5. The summed E-state index contributed by atoms with van der Waals surface area (Å²) in [6.45, 7) is 1.80. The van der Waals surface area contributed by atoms with E-state index >= 15 is 0 Å². The standard InChI is InChI=1S/C12H15F2NO2/c1-8(16)4-5-15(2)11-6-10(14)12(17-3)7-9(11)13/h6-7H,4-5H2,1-3H3. The number of carbonyl (C=O) groups is 1. The number of ether oxygens (including phenoxy) is 1. The van der Waals surface area contributed by atoms with Gasteiger partial charge in [0.2, 0.25) is 0 Å². The molecule has 0 spiro atoms. The van der Waals surface area contributed by atoms with Crippen LogP contribution in [-0.2, 0) is 4.79 Å². The van der Waals surface area contributed by atoms with E-state index in [2.05, 4.69) is 4.74 Å². The summed E-state index contributed by atoms with van der Waals surface area (Å²) in [5.74, 6) is -1.33. The van der Waals surface area contributed by atoms with Gasteiger partial charge in [-0.15, -0.1) is 0 Å². The summed E-state index contributed by atoms with van der Waals surface area (Å²) in [5.41, 5.74) is 0.115. The highest BCUT2D eigenvalue weighted by atomic mass is 19.1. The number of anilines is 1. The molecule has 1 rings (SSSR count). The lowest BCUT2D eigenvalue weighted by Gasteiger charge is -2.19. The number of methoxy groups -OCH3 is 1. The van der Waals surface area contributed by atoms with Crippen LogP contribution in [0.4, 0.5) is 14.5 Å². The molecule has 0 aliphatic heterocycles. The fourth-order valence-corrected chi connectivity index (χ4v) is 1.41. The van der Waals surface area contributed by atoms with Crippen molar-refractivity contribution in [2.24, 2.45) is 0 Å². The molecule has 94 valence electrons. The van der Waals surface area contributed by atoms with Crippen molar-refractivity contribution in [2.75, 3.05) is 25.6 Å². The lowest BCUT2D eigenvalue weighted by atomic mass is 10.2. The molecule has 0 saturated carbocycles. The molecule has 0 unspecified atom stereocenters. The van der Waals surface area contributed by atoms with Crippen LogP contribution in [0.3, 0.4) is 0 Å². The number of benzene rings is 1. The van der Waals surface area contributed by atoms with E-state index in [9.17, 15) is 13.6 Å². The molecule has 0 aliphatic carbocycles. The minimum Gasteiger partial charge on any atom is -0.494 e. The summed E-state index contributed by atoms with van der Waals surface area (Å²) in [7, 11) is 2.88. The maximum atomic E-state index is 13.6. The van der Waals surface area contributed by atoms with Crippen LogP contribution in [0.1, 0.15) is 13.3 Å². The van der Waals surface area contributed by atoms with E-state index in [4.69, 9.17) is 0 Å². The van der Waals surface area contributed by atoms with Crippen molar-refractivity contribution in [3.05, 3.63) is 23.8 Å². The Bertz CT molecular complexity index is 421. The van der Waals surface area contributed by atoms with Gasteiger partial charge in [0.15, 0.2) is 11.6 Å². The van der Waals surface area contributed by atoms with Crippen molar-refractivity contribution in [2.45, 2.75) is 13.3 Å². The van der Waals surface area contributed by atoms with E-state index in [0.717, 1.165) is 12.1 Å². The second kappa shape index (κ2) is 5.61. The number of halogens is 2. The molecule has 0 saturated heterocycles. The third kappa shape index (κ3) is 3.41. The van der Waals surface area contributed by atoms with Crippen molar-refractivity contribution < 1.29 is 18.3 Å². The van der Waals surface area contributed by atoms with Crippen molar-refractivity contribution in [1.82, 2.24) is 0 Å². The average molecular weight is 243 g/mol. The Morgan fingerprint density at radius 1 is 1.35 bits per heavy atom. The van der Waals surface area contributed by atoms with Crippen LogP contribution in [0.2, 0.25) is 0 Å². The quantitative estimate of drug-likeness (QED) is 0.795. The summed E-state index contributed by atoms with van der Waals surface area (Å²) in [6.07, 6.45) is 0.295. The van der Waals surface area contributed by atoms with E-state index in [-0.39, 0.29) is 17.2 Å². The number of carbonyl (C=O) groups excluding carboxylic acids is 1. The summed E-state index contributed by atoms with van der Waals surface area (Å²) < 4.78 is 31.7. The van der Waals surface area contributed by atoms with E-state index < -0.39 is 11.6 Å². The Morgan fingerprint density at radius 3 is 2.53 bits per heavy atom. The first-order chi connectivity index (χ1) is 7.95. The lowest BCUT2D eigenvalue weighted by Crippen LogP contribution is -2.21. The molecule has 3 nitrogen and oxygen atoms in total. The van der Waals surface area contributed by atoms with Gasteiger partial charge in [0.25, 0.3) is 0 Å². The Morgan fingerprint density at radius 2 is 2.00 bits per heavy atom. The van der Waals surface area contributed by atoms with E-state index in [1.807, 2.05) is 0 Å². The highest BCUT2D eigenvalue weighted by Crippen LogP contribution is 2.26. The monoisotopic (exact) mass is 243 g/mol. The first-order valence-corrected chi connectivity index (χ1v) is 5.19. The zero-order valence-corrected chi connectivity index (χ0v) is 10.1. The molecule has 0 aromatic heterocycles. The molecule has 5 heteroatoms. The molecule has 0 heterocycles. The second-order valence-electron chi connectivity index (χ2n) is 3.81. The second-order valence-corrected chi connectivity index (χ2v) is 3.81. The van der Waals surface area contributed by atoms with Gasteiger partial charge >= 0.3 is 0 Å². The third-order valence-corrected chi connectivity index (χ3v) is 2.43. The molecule has 0 aliphatic rings. The Balaban J connectivity index is 2.90. The van der Waals surface area contributed by atoms with Crippen LogP contribution >= 0.6 is 0 Å². The fraction of sp³-hybridized carbons (Fsp3) is 0.417. The molecule has 0 bridgehead atoms. The molecular formula is C12H15F2NO2. The first-order valence-electron chi connectivity index (χ1n) is 5.19. The van der Waals surface area contributed by atoms with Gasteiger partial charge in [0.05, 0.1) is 12.8 Å². The zero-order valence-electron chi connectivity index (χ0n) is 10.1. The topological polar surface area (TPSA) is 29.5 Å². The van der Waals surface area contributed by atoms with E-state index in [1.54, 1.807) is 7.05 Å². The molecule has 17 heavy (non-hydrogen) atoms. The zero-order chi connectivity index (χ0) is 13.0. The molecular weight excluding hydrogens is 228 g/mol. The van der Waals surface area contributed by atoms with Crippen LogP contribution in [0.15, 0.2) is 12.1 Å². The van der Waals surface area contributed by atoms with Crippen molar-refractivity contribution >= 4 is 11.5 Å². The molecule has 0 fully saturated rings. The van der Waals surface area contributed by atoms with E-state index in [1.165, 1.54) is 18.9 Å². The van der Waals surface area contributed by atoms with Gasteiger partial charge < -0.3 is 9.64 Å². The minimum atomic E-state index is -0.626. The summed E-state index contributed by atoms with van der Waals surface area (Å²) in [4.78, 5) is 12.3. The number of hydrogen-bond acceptors (Lipinski definition) is 3. The van der Waals surface area contributed by atoms with E-state index in [0.29, 0.717) is 13.0 Å². The van der Waals surface area contributed by atoms with Gasteiger partial charge in [-0.2, -0.15) is 0 Å². The van der Waals surface area contributed by atoms with Gasteiger partial charge in [-0.3, -0.25) is 4.79 Å². The van der Waals surface area contributed by atoms with Gasteiger partial charge in [-0.1, -0.05) is 0 Å². The smallest absolute Gasteiger partial charge is 0.167 e. The Labute approximate surface area is 99.0 Å². The summed E-state index contributed by atoms with van der Waals surface area (Å²) in [6, 6.07) is 2.06. The molecule has 0 amide bonds. The van der Waals surface area contributed by atoms with Gasteiger partial charge in [-0.25, -0.2) is 8.78 Å². The molecule has 0 atom stereocenters. The van der Waals surface area contributed by atoms with Crippen molar-refractivity contribution in [3.8, 4) is 5.75 Å². The van der Waals surface area contributed by atoms with Gasteiger partial charge in [0.1, 0.15) is 11.6 Å². The van der Waals surface area contributed by atoms with Crippen molar-refractivity contribution in [3.63, 3.8) is 0 Å². The van der Waals surface area contributed by atoms with Crippen LogP contribution in [0, 0.1) is 11.6 Å². The van der Waals surface area contributed by atoms with Crippen LogP contribution in [0.25, 0.3) is 0 Å². The van der Waals surface area contributed by atoms with Gasteiger partial charge in [0, 0.05) is 32.1 Å². The van der Waals surface area contributed by atoms with Crippen LogP contribution in [-0.4, -0.2) is 26.5 Å². The molecule has 1 aromatic rings. The third-order valence-electron chi connectivity index (χ3n) is 2.43. The minimum absolute atomic E-state index is 0.00578. The molecule has 0 N–H and O–H groups in total. The number of ketones is 1. The molecule has 1 aromatic carbocycles. The highest BCUT2D eigenvalue weighted by molar-refractivity contribution is 5.76. The maximum Gasteiger partial charge on any atom is 0.167 e. The van der Waals surface area contributed by atoms with Crippen LogP contribution in [0.5, 0.6) is 5.75 Å². The lowest BCUT2D eigenvalue weighted by molar-refractivity contribution is -0.116. The first kappa shape index (κ1) is 13.4. The Hall–Kier alpha value is -1.65. The highest BCUT2D eigenvalue weighted by Gasteiger charge is 2.13. The predicted molar refractivity (Wildman–Crippen MR) is 61.5 cm³/mol. The van der Waals surface area contributed by atoms with Crippen molar-refractivity contribution in [1.29, 1.82) is 0 Å². The van der Waals surface area contributed by atoms with Crippen LogP contribution < -0.4 is 9.64 Å². The number of nitrogens with zero attached hydrogens (tertiary/aromatic N) is 1. The predicted octanol–water partition coefficient (Wildman–Crippen LogP) is 2.39. The maximum absolute atomic E-state index is 13.6. The Kier molecular flexibility index (Phi) is 4.43. The van der Waals surface area contributed by atoms with Gasteiger partial charge in [-0.05, 0) is 6.92 Å². The molecule has 0 radical (unpaired) electrons. The SMILES string of the molecule is COc1cc(F)c(N(C)CCC(C)=O)cc1F. The summed E-state index contributed by atoms with van der Waals surface area (Å²) in [5, 5.41) is 0. The summed E-state index contributed by atoms with van der Waals surface area (Å²) >= 11 is 0. The fourth-order valence-electron chi connectivity index (χ4n) is 1.41. The normalized spacial score (nSPS) is 10.2. The number of hydrogen-bond donors (Lipinski definition) is 0. The largest absolute Gasteiger partial charge is 0.494 e. The number of Topliss-reactive ketones (excluding diaryl/α,β-unsaturated/α-hetero) is 1.